The number of H-pyrrole nitrogens is 1. The molecule has 2 heterocycles. The van der Waals surface area contributed by atoms with Crippen molar-refractivity contribution in [1.29, 1.82) is 0 Å². The normalized spacial score (nSPS) is 23.0. The molecular weight excluding hydrogens is 396 g/mol. The van der Waals surface area contributed by atoms with Crippen LogP contribution in [-0.4, -0.2) is 44.8 Å². The zero-order valence-corrected chi connectivity index (χ0v) is 17.3. The van der Waals surface area contributed by atoms with Crippen molar-refractivity contribution in [3.8, 4) is 0 Å². The van der Waals surface area contributed by atoms with Gasteiger partial charge in [0.15, 0.2) is 10.7 Å². The molecule has 1 aliphatic carbocycles. The van der Waals surface area contributed by atoms with Gasteiger partial charge in [-0.05, 0) is 68.6 Å². The zero-order chi connectivity index (χ0) is 19.5. The van der Waals surface area contributed by atoms with Crippen molar-refractivity contribution >= 4 is 35.0 Å². The first-order chi connectivity index (χ1) is 13.6. The van der Waals surface area contributed by atoms with E-state index >= 15 is 0 Å². The molecule has 2 fully saturated rings. The van der Waals surface area contributed by atoms with Crippen molar-refractivity contribution in [2.24, 2.45) is 0 Å². The summed E-state index contributed by atoms with van der Waals surface area (Å²) in [6.45, 7) is 2.20. The SMILES string of the molecule is O=C(O)c1[nH]nnc1S[C@H]1CC[C@@H](c2ccc(N3CCCCC3)c(Cl)c2)CC1. The van der Waals surface area contributed by atoms with E-state index in [0.717, 1.165) is 43.8 Å². The first-order valence-corrected chi connectivity index (χ1v) is 11.2. The fourth-order valence-corrected chi connectivity index (χ4v) is 5.75. The van der Waals surface area contributed by atoms with Crippen LogP contribution in [-0.2, 0) is 0 Å². The Morgan fingerprint density at radius 1 is 1.18 bits per heavy atom. The summed E-state index contributed by atoms with van der Waals surface area (Å²) in [5, 5.41) is 20.9. The molecule has 0 spiro atoms. The number of aromatic carboxylic acids is 1. The Morgan fingerprint density at radius 2 is 1.93 bits per heavy atom. The van der Waals surface area contributed by atoms with Gasteiger partial charge in [-0.1, -0.05) is 34.6 Å². The van der Waals surface area contributed by atoms with Crippen LogP contribution in [0.2, 0.25) is 5.02 Å². The summed E-state index contributed by atoms with van der Waals surface area (Å²) in [6.07, 6.45) is 8.04. The molecule has 0 bridgehead atoms. The second-order valence-electron chi connectivity index (χ2n) is 7.65. The minimum atomic E-state index is -1.01. The molecule has 2 aromatic rings. The number of carboxylic acid groups (broad SMARTS) is 1. The molecule has 2 N–H and O–H groups in total. The lowest BCUT2D eigenvalue weighted by molar-refractivity contribution is 0.0686. The molecule has 1 saturated heterocycles. The minimum absolute atomic E-state index is 0.0900. The molecule has 4 rings (SSSR count). The number of benzene rings is 1. The topological polar surface area (TPSA) is 82.1 Å². The molecule has 28 heavy (non-hydrogen) atoms. The monoisotopic (exact) mass is 420 g/mol. The fraction of sp³-hybridized carbons (Fsp3) is 0.550. The van der Waals surface area contributed by atoms with Gasteiger partial charge in [-0.25, -0.2) is 4.79 Å². The number of aromatic amines is 1. The maximum atomic E-state index is 11.2. The lowest BCUT2D eigenvalue weighted by Crippen LogP contribution is -2.29. The van der Waals surface area contributed by atoms with Crippen LogP contribution in [0.1, 0.15) is 66.9 Å². The maximum absolute atomic E-state index is 11.2. The van der Waals surface area contributed by atoms with E-state index in [-0.39, 0.29) is 5.69 Å². The number of hydrogen-bond acceptors (Lipinski definition) is 5. The second-order valence-corrected chi connectivity index (χ2v) is 9.34. The lowest BCUT2D eigenvalue weighted by Gasteiger charge is -2.31. The number of nitrogens with zero attached hydrogens (tertiary/aromatic N) is 3. The van der Waals surface area contributed by atoms with Crippen LogP contribution in [0.4, 0.5) is 5.69 Å². The summed E-state index contributed by atoms with van der Waals surface area (Å²) in [7, 11) is 0. The first-order valence-electron chi connectivity index (χ1n) is 9.97. The van der Waals surface area contributed by atoms with Crippen molar-refractivity contribution in [3.63, 3.8) is 0 Å². The Kier molecular flexibility index (Phi) is 6.11. The minimum Gasteiger partial charge on any atom is -0.476 e. The summed E-state index contributed by atoms with van der Waals surface area (Å²) in [6, 6.07) is 6.59. The lowest BCUT2D eigenvalue weighted by atomic mass is 9.84. The van der Waals surface area contributed by atoms with E-state index in [4.69, 9.17) is 11.6 Å². The highest BCUT2D eigenvalue weighted by atomic mass is 35.5. The van der Waals surface area contributed by atoms with Crippen LogP contribution in [0, 0.1) is 0 Å². The van der Waals surface area contributed by atoms with E-state index in [1.807, 2.05) is 0 Å². The number of thioether (sulfide) groups is 1. The number of halogens is 1. The molecule has 150 valence electrons. The number of aromatic nitrogens is 3. The Balaban J connectivity index is 1.36. The summed E-state index contributed by atoms with van der Waals surface area (Å²) in [4.78, 5) is 13.6. The van der Waals surface area contributed by atoms with Crippen LogP contribution in [0.5, 0.6) is 0 Å². The number of piperidine rings is 1. The summed E-state index contributed by atoms with van der Waals surface area (Å²) < 4.78 is 0. The van der Waals surface area contributed by atoms with Crippen molar-refractivity contribution in [3.05, 3.63) is 34.5 Å². The Hall–Kier alpha value is -1.73. The molecule has 6 nitrogen and oxygen atoms in total. The van der Waals surface area contributed by atoms with E-state index in [1.165, 1.54) is 42.3 Å². The number of carboxylic acids is 1. The Bertz CT molecular complexity index is 829. The predicted molar refractivity (Wildman–Crippen MR) is 112 cm³/mol. The van der Waals surface area contributed by atoms with Crippen molar-refractivity contribution in [2.75, 3.05) is 18.0 Å². The highest BCUT2D eigenvalue weighted by molar-refractivity contribution is 7.99. The molecule has 0 atom stereocenters. The van der Waals surface area contributed by atoms with Crippen molar-refractivity contribution < 1.29 is 9.90 Å². The van der Waals surface area contributed by atoms with Gasteiger partial charge in [-0.2, -0.15) is 0 Å². The van der Waals surface area contributed by atoms with Crippen LogP contribution in [0.3, 0.4) is 0 Å². The number of rotatable bonds is 5. The average molecular weight is 421 g/mol. The van der Waals surface area contributed by atoms with Crippen LogP contribution in [0.15, 0.2) is 23.2 Å². The first kappa shape index (κ1) is 19.6. The molecule has 0 amide bonds. The van der Waals surface area contributed by atoms with Gasteiger partial charge in [-0.15, -0.1) is 5.10 Å². The standard InChI is InChI=1S/C20H25ClN4O2S/c21-16-12-14(6-9-17(16)25-10-2-1-3-11-25)13-4-7-15(8-5-13)28-19-18(20(26)27)22-24-23-19/h6,9,12-13,15H,1-5,7-8,10-11H2,(H,26,27)(H,22,23,24)/t13-,15+. The average Bonchev–Trinajstić information content (AvgIpc) is 3.18. The Labute approximate surface area is 174 Å². The van der Waals surface area contributed by atoms with E-state index in [1.54, 1.807) is 0 Å². The highest BCUT2D eigenvalue weighted by Crippen LogP contribution is 2.41. The van der Waals surface area contributed by atoms with Crippen molar-refractivity contribution in [2.45, 2.75) is 61.1 Å². The largest absolute Gasteiger partial charge is 0.476 e. The third-order valence-corrected chi connectivity index (χ3v) is 7.44. The van der Waals surface area contributed by atoms with Crippen LogP contribution >= 0.6 is 23.4 Å². The maximum Gasteiger partial charge on any atom is 0.356 e. The molecule has 1 aromatic carbocycles. The predicted octanol–water partition coefficient (Wildman–Crippen LogP) is 4.97. The van der Waals surface area contributed by atoms with Gasteiger partial charge in [0, 0.05) is 18.3 Å². The molecule has 8 heteroatoms. The van der Waals surface area contributed by atoms with E-state index in [2.05, 4.69) is 38.5 Å². The smallest absolute Gasteiger partial charge is 0.356 e. The molecule has 1 aliphatic heterocycles. The van der Waals surface area contributed by atoms with E-state index in [0.29, 0.717) is 16.2 Å². The van der Waals surface area contributed by atoms with E-state index in [9.17, 15) is 9.90 Å². The van der Waals surface area contributed by atoms with Gasteiger partial charge in [-0.3, -0.25) is 5.10 Å². The quantitative estimate of drug-likeness (QED) is 0.710. The van der Waals surface area contributed by atoms with Crippen molar-refractivity contribution in [1.82, 2.24) is 15.4 Å². The molecule has 0 radical (unpaired) electrons. The number of hydrogen-bond donors (Lipinski definition) is 2. The van der Waals surface area contributed by atoms with Gasteiger partial charge in [0.1, 0.15) is 0 Å². The summed E-state index contributed by atoms with van der Waals surface area (Å²) >= 11 is 8.16. The van der Waals surface area contributed by atoms with Gasteiger partial charge >= 0.3 is 5.97 Å². The Morgan fingerprint density at radius 3 is 2.61 bits per heavy atom. The van der Waals surface area contributed by atoms with E-state index < -0.39 is 5.97 Å². The third kappa shape index (κ3) is 4.30. The summed E-state index contributed by atoms with van der Waals surface area (Å²) in [5.41, 5.74) is 2.58. The second kappa shape index (κ2) is 8.74. The highest BCUT2D eigenvalue weighted by Gasteiger charge is 2.26. The molecule has 1 aromatic heterocycles. The molecular formula is C20H25ClN4O2S. The zero-order valence-electron chi connectivity index (χ0n) is 15.7. The van der Waals surface area contributed by atoms with Crippen LogP contribution in [0.25, 0.3) is 0 Å². The number of anilines is 1. The van der Waals surface area contributed by atoms with Gasteiger partial charge in [0.05, 0.1) is 10.7 Å². The summed E-state index contributed by atoms with van der Waals surface area (Å²) in [5.74, 6) is -0.495. The molecule has 2 aliphatic rings. The number of carbonyl (C=O) groups is 1. The third-order valence-electron chi connectivity index (χ3n) is 5.82. The molecule has 0 unspecified atom stereocenters. The molecule has 1 saturated carbocycles. The van der Waals surface area contributed by atoms with Gasteiger partial charge < -0.3 is 10.0 Å². The fourth-order valence-electron chi connectivity index (χ4n) is 4.28. The number of nitrogens with one attached hydrogen (secondary N) is 1. The van der Waals surface area contributed by atoms with Crippen LogP contribution < -0.4 is 4.90 Å². The van der Waals surface area contributed by atoms with Gasteiger partial charge in [0.2, 0.25) is 0 Å². The van der Waals surface area contributed by atoms with Gasteiger partial charge in [0.25, 0.3) is 0 Å².